The van der Waals surface area contributed by atoms with Gasteiger partial charge < -0.3 is 15.2 Å². The average molecular weight is 302 g/mol. The first kappa shape index (κ1) is 16.8. The third kappa shape index (κ3) is 4.96. The Bertz CT molecular complexity index is 565. The molecular formula is C13H13F3N2O3. The molecule has 0 amide bonds. The van der Waals surface area contributed by atoms with E-state index in [1.165, 1.54) is 6.07 Å². The van der Waals surface area contributed by atoms with E-state index in [-0.39, 0.29) is 36.3 Å². The minimum absolute atomic E-state index is 0.0469. The molecule has 0 radical (unpaired) electrons. The lowest BCUT2D eigenvalue weighted by Crippen LogP contribution is -2.19. The van der Waals surface area contributed by atoms with Gasteiger partial charge in [-0.1, -0.05) is 0 Å². The molecule has 0 fully saturated rings. The first-order valence-corrected chi connectivity index (χ1v) is 5.98. The Hall–Kier alpha value is -2.27. The molecule has 0 saturated heterocycles. The van der Waals surface area contributed by atoms with Crippen molar-refractivity contribution in [3.63, 3.8) is 0 Å². The van der Waals surface area contributed by atoms with Crippen LogP contribution in [-0.4, -0.2) is 18.9 Å². The molecule has 0 atom stereocenters. The highest BCUT2D eigenvalue weighted by Gasteiger charge is 2.32. The largest absolute Gasteiger partial charge is 0.573 e. The molecule has 5 nitrogen and oxygen atoms in total. The van der Waals surface area contributed by atoms with Crippen LogP contribution in [0.1, 0.15) is 23.6 Å². The van der Waals surface area contributed by atoms with Gasteiger partial charge in [0, 0.05) is 12.1 Å². The molecule has 0 bridgehead atoms. The molecule has 0 aliphatic carbocycles. The number of nitrogens with zero attached hydrogens (tertiary/aromatic N) is 1. The van der Waals surface area contributed by atoms with Gasteiger partial charge in [-0.2, -0.15) is 5.26 Å². The van der Waals surface area contributed by atoms with Crippen LogP contribution in [0.2, 0.25) is 0 Å². The maximum absolute atomic E-state index is 12.3. The molecule has 2 N–H and O–H groups in total. The van der Waals surface area contributed by atoms with Crippen molar-refractivity contribution in [2.45, 2.75) is 26.3 Å². The number of esters is 1. The predicted octanol–water partition coefficient (Wildman–Crippen LogP) is 2.02. The van der Waals surface area contributed by atoms with E-state index < -0.39 is 18.1 Å². The minimum atomic E-state index is -4.89. The summed E-state index contributed by atoms with van der Waals surface area (Å²) in [6.07, 6.45) is -5.12. The second-order valence-corrected chi connectivity index (χ2v) is 3.96. The number of benzene rings is 1. The fraction of sp³-hybridized carbons (Fsp3) is 0.385. The summed E-state index contributed by atoms with van der Waals surface area (Å²) in [5.41, 5.74) is 5.56. The number of carbonyl (C=O) groups is 1. The van der Waals surface area contributed by atoms with Gasteiger partial charge in [-0.05, 0) is 24.6 Å². The van der Waals surface area contributed by atoms with Gasteiger partial charge in [0.15, 0.2) is 0 Å². The Kier molecular flexibility index (Phi) is 5.55. The number of halogens is 3. The van der Waals surface area contributed by atoms with Crippen LogP contribution in [0, 0.1) is 11.3 Å². The highest BCUT2D eigenvalue weighted by Crippen LogP contribution is 2.29. The van der Waals surface area contributed by atoms with Crippen molar-refractivity contribution >= 4 is 5.97 Å². The van der Waals surface area contributed by atoms with E-state index in [1.54, 1.807) is 13.0 Å². The van der Waals surface area contributed by atoms with Gasteiger partial charge in [0.25, 0.3) is 0 Å². The molecule has 1 rings (SSSR count). The van der Waals surface area contributed by atoms with E-state index >= 15 is 0 Å². The van der Waals surface area contributed by atoms with Gasteiger partial charge in [0.2, 0.25) is 0 Å². The number of carbonyl (C=O) groups excluding carboxylic acids is 1. The van der Waals surface area contributed by atoms with E-state index in [4.69, 9.17) is 15.7 Å². The molecular weight excluding hydrogens is 289 g/mol. The molecule has 114 valence electrons. The lowest BCUT2D eigenvalue weighted by Gasteiger charge is -2.14. The molecule has 21 heavy (non-hydrogen) atoms. The first-order chi connectivity index (χ1) is 9.80. The van der Waals surface area contributed by atoms with Crippen LogP contribution in [0.25, 0.3) is 0 Å². The molecule has 0 spiro atoms. The maximum atomic E-state index is 12.3. The summed E-state index contributed by atoms with van der Waals surface area (Å²) in [6.45, 7) is 1.56. The van der Waals surface area contributed by atoms with Crippen molar-refractivity contribution in [3.8, 4) is 11.8 Å². The van der Waals surface area contributed by atoms with Gasteiger partial charge in [-0.25, -0.2) is 0 Å². The Balaban J connectivity index is 3.17. The molecule has 0 aliphatic heterocycles. The van der Waals surface area contributed by atoms with Gasteiger partial charge >= 0.3 is 12.3 Å². The van der Waals surface area contributed by atoms with Crippen molar-refractivity contribution in [3.05, 3.63) is 28.8 Å². The average Bonchev–Trinajstić information content (AvgIpc) is 2.38. The van der Waals surface area contributed by atoms with Crippen LogP contribution in [0.4, 0.5) is 13.2 Å². The third-order valence-corrected chi connectivity index (χ3v) is 2.49. The molecule has 0 heterocycles. The minimum Gasteiger partial charge on any atom is -0.466 e. The zero-order valence-electron chi connectivity index (χ0n) is 11.2. The number of nitriles is 1. The highest BCUT2D eigenvalue weighted by atomic mass is 19.4. The summed E-state index contributed by atoms with van der Waals surface area (Å²) in [7, 11) is 0. The second-order valence-electron chi connectivity index (χ2n) is 3.96. The van der Waals surface area contributed by atoms with Crippen LogP contribution in [0.15, 0.2) is 12.1 Å². The summed E-state index contributed by atoms with van der Waals surface area (Å²) < 4.78 is 45.4. The Morgan fingerprint density at radius 1 is 1.38 bits per heavy atom. The molecule has 1 aromatic carbocycles. The number of rotatable bonds is 5. The van der Waals surface area contributed by atoms with Crippen LogP contribution < -0.4 is 10.5 Å². The normalized spacial score (nSPS) is 10.9. The molecule has 0 aromatic heterocycles. The van der Waals surface area contributed by atoms with E-state index in [0.29, 0.717) is 0 Å². The van der Waals surface area contributed by atoms with Crippen LogP contribution >= 0.6 is 0 Å². The number of ether oxygens (including phenoxy) is 2. The van der Waals surface area contributed by atoms with E-state index in [2.05, 4.69) is 4.74 Å². The quantitative estimate of drug-likeness (QED) is 0.841. The van der Waals surface area contributed by atoms with Crippen molar-refractivity contribution in [2.24, 2.45) is 5.73 Å². The Morgan fingerprint density at radius 3 is 2.52 bits per heavy atom. The van der Waals surface area contributed by atoms with Crippen molar-refractivity contribution in [2.75, 3.05) is 6.61 Å². The van der Waals surface area contributed by atoms with Crippen molar-refractivity contribution in [1.82, 2.24) is 0 Å². The molecule has 0 saturated carbocycles. The number of hydrogen-bond acceptors (Lipinski definition) is 5. The van der Waals surface area contributed by atoms with Crippen LogP contribution in [0.5, 0.6) is 5.75 Å². The SMILES string of the molecule is CCOC(=O)Cc1cc(CN)c(OC(F)(F)F)cc1C#N. The number of nitrogens with two attached hydrogens (primary N) is 1. The highest BCUT2D eigenvalue weighted by molar-refractivity contribution is 5.74. The Morgan fingerprint density at radius 2 is 2.05 bits per heavy atom. The standard InChI is InChI=1S/C13H13F3N2O3/c1-2-20-12(19)5-8-3-10(7-18)11(4-9(8)6-17)21-13(14,15)16/h3-4H,2,5,7,18H2,1H3. The lowest BCUT2D eigenvalue weighted by molar-refractivity contribution is -0.274. The summed E-state index contributed by atoms with van der Waals surface area (Å²) in [4.78, 5) is 11.4. The second kappa shape index (κ2) is 6.95. The zero-order valence-corrected chi connectivity index (χ0v) is 11.2. The first-order valence-electron chi connectivity index (χ1n) is 5.98. The summed E-state index contributed by atoms with van der Waals surface area (Å²) in [6, 6.07) is 3.89. The van der Waals surface area contributed by atoms with Gasteiger partial charge in [0.05, 0.1) is 24.7 Å². The van der Waals surface area contributed by atoms with E-state index in [9.17, 15) is 18.0 Å². The van der Waals surface area contributed by atoms with Crippen molar-refractivity contribution in [1.29, 1.82) is 5.26 Å². The maximum Gasteiger partial charge on any atom is 0.573 e. The topological polar surface area (TPSA) is 85.3 Å². The van der Waals surface area contributed by atoms with E-state index in [1.807, 2.05) is 0 Å². The van der Waals surface area contributed by atoms with Gasteiger partial charge in [-0.15, -0.1) is 13.2 Å². The summed E-state index contributed by atoms with van der Waals surface area (Å²) in [5, 5.41) is 8.98. The van der Waals surface area contributed by atoms with Crippen LogP contribution in [-0.2, 0) is 22.5 Å². The van der Waals surface area contributed by atoms with Gasteiger partial charge in [-0.3, -0.25) is 4.79 Å². The predicted molar refractivity (Wildman–Crippen MR) is 66.1 cm³/mol. The number of alkyl halides is 3. The molecule has 1 aromatic rings. The summed E-state index contributed by atoms with van der Waals surface area (Å²) in [5.74, 6) is -1.13. The van der Waals surface area contributed by atoms with Gasteiger partial charge in [0.1, 0.15) is 5.75 Å². The fourth-order valence-electron chi connectivity index (χ4n) is 1.67. The Labute approximate surface area is 119 Å². The van der Waals surface area contributed by atoms with E-state index in [0.717, 1.165) is 6.07 Å². The van der Waals surface area contributed by atoms with Crippen molar-refractivity contribution < 1.29 is 27.4 Å². The van der Waals surface area contributed by atoms with Crippen LogP contribution in [0.3, 0.4) is 0 Å². The lowest BCUT2D eigenvalue weighted by atomic mass is 10.0. The molecule has 0 aliphatic rings. The smallest absolute Gasteiger partial charge is 0.466 e. The number of hydrogen-bond donors (Lipinski definition) is 1. The fourth-order valence-corrected chi connectivity index (χ4v) is 1.67. The zero-order chi connectivity index (χ0) is 16.0. The third-order valence-electron chi connectivity index (χ3n) is 2.49. The molecule has 8 heteroatoms. The molecule has 0 unspecified atom stereocenters. The summed E-state index contributed by atoms with van der Waals surface area (Å²) >= 11 is 0. The monoisotopic (exact) mass is 302 g/mol.